The Hall–Kier alpha value is -1.17. The summed E-state index contributed by atoms with van der Waals surface area (Å²) in [5.74, 6) is -0.0566. The van der Waals surface area contributed by atoms with Crippen molar-refractivity contribution in [2.45, 2.75) is 24.3 Å². The number of aryl methyl sites for hydroxylation is 1. The van der Waals surface area contributed by atoms with E-state index in [9.17, 15) is 8.42 Å². The van der Waals surface area contributed by atoms with Crippen molar-refractivity contribution in [1.29, 1.82) is 0 Å². The van der Waals surface area contributed by atoms with Crippen LogP contribution < -0.4 is 5.73 Å². The highest BCUT2D eigenvalue weighted by Gasteiger charge is 2.20. The summed E-state index contributed by atoms with van der Waals surface area (Å²) in [5, 5.41) is 1.90. The molecule has 3 nitrogen and oxygen atoms in total. The molecule has 0 aliphatic heterocycles. The van der Waals surface area contributed by atoms with Crippen LogP contribution in [-0.4, -0.2) is 14.2 Å². The molecule has 0 radical (unpaired) electrons. The van der Waals surface area contributed by atoms with Crippen molar-refractivity contribution < 1.29 is 8.42 Å². The van der Waals surface area contributed by atoms with E-state index in [1.807, 2.05) is 36.6 Å². The number of thiophene rings is 1. The van der Waals surface area contributed by atoms with Gasteiger partial charge < -0.3 is 5.73 Å². The third-order valence-corrected chi connectivity index (χ3v) is 5.79. The van der Waals surface area contributed by atoms with Crippen molar-refractivity contribution in [3.8, 4) is 0 Å². The van der Waals surface area contributed by atoms with Gasteiger partial charge in [0.15, 0.2) is 9.84 Å². The number of hydrogen-bond acceptors (Lipinski definition) is 4. The van der Waals surface area contributed by atoms with Gasteiger partial charge in [0.2, 0.25) is 0 Å². The van der Waals surface area contributed by atoms with Crippen LogP contribution in [0.5, 0.6) is 0 Å². The molecule has 1 unspecified atom stereocenters. The molecule has 0 saturated heterocycles. The second kappa shape index (κ2) is 5.86. The SMILES string of the molecule is CCc1ccc(S(=O)(=O)CC(N)c2cccs2)cc1. The zero-order valence-corrected chi connectivity index (χ0v) is 12.4. The van der Waals surface area contributed by atoms with E-state index >= 15 is 0 Å². The van der Waals surface area contributed by atoms with E-state index in [4.69, 9.17) is 5.73 Å². The molecule has 1 aromatic carbocycles. The van der Waals surface area contributed by atoms with Crippen molar-refractivity contribution in [3.63, 3.8) is 0 Å². The molecule has 1 atom stereocenters. The van der Waals surface area contributed by atoms with Crippen LogP contribution in [0.2, 0.25) is 0 Å². The minimum Gasteiger partial charge on any atom is -0.322 e. The lowest BCUT2D eigenvalue weighted by atomic mass is 10.2. The first-order chi connectivity index (χ1) is 9.03. The van der Waals surface area contributed by atoms with Crippen LogP contribution >= 0.6 is 11.3 Å². The third-order valence-electron chi connectivity index (χ3n) is 3.00. The normalized spacial score (nSPS) is 13.4. The van der Waals surface area contributed by atoms with E-state index in [1.54, 1.807) is 12.1 Å². The highest BCUT2D eigenvalue weighted by atomic mass is 32.2. The zero-order chi connectivity index (χ0) is 13.9. The predicted octanol–water partition coefficient (Wildman–Crippen LogP) is 2.78. The lowest BCUT2D eigenvalue weighted by Crippen LogP contribution is -2.21. The largest absolute Gasteiger partial charge is 0.322 e. The molecule has 0 aliphatic carbocycles. The Bertz CT molecular complexity index is 616. The summed E-state index contributed by atoms with van der Waals surface area (Å²) in [6, 6.07) is 10.3. The average Bonchev–Trinajstić information content (AvgIpc) is 2.92. The predicted molar refractivity (Wildman–Crippen MR) is 79.1 cm³/mol. The van der Waals surface area contributed by atoms with E-state index < -0.39 is 15.9 Å². The van der Waals surface area contributed by atoms with Crippen LogP contribution in [0.1, 0.15) is 23.4 Å². The lowest BCUT2D eigenvalue weighted by molar-refractivity contribution is 0.589. The summed E-state index contributed by atoms with van der Waals surface area (Å²) in [6.45, 7) is 2.04. The fourth-order valence-electron chi connectivity index (χ4n) is 1.85. The zero-order valence-electron chi connectivity index (χ0n) is 10.7. The smallest absolute Gasteiger partial charge is 0.180 e. The Balaban J connectivity index is 2.17. The van der Waals surface area contributed by atoms with Gasteiger partial charge in [-0.3, -0.25) is 0 Å². The van der Waals surface area contributed by atoms with E-state index in [0.717, 1.165) is 16.9 Å². The maximum atomic E-state index is 12.3. The van der Waals surface area contributed by atoms with Gasteiger partial charge in [-0.05, 0) is 35.6 Å². The second-order valence-corrected chi connectivity index (χ2v) is 7.41. The Kier molecular flexibility index (Phi) is 4.39. The Labute approximate surface area is 118 Å². The van der Waals surface area contributed by atoms with Gasteiger partial charge in [0.05, 0.1) is 16.7 Å². The standard InChI is InChI=1S/C14H17NO2S2/c1-2-11-5-7-12(8-6-11)19(16,17)10-13(15)14-4-3-9-18-14/h3-9,13H,2,10,15H2,1H3. The van der Waals surface area contributed by atoms with Gasteiger partial charge in [0.1, 0.15) is 0 Å². The Morgan fingerprint density at radius 2 is 1.89 bits per heavy atom. The van der Waals surface area contributed by atoms with Crippen LogP contribution in [-0.2, 0) is 16.3 Å². The molecule has 2 rings (SSSR count). The second-order valence-electron chi connectivity index (χ2n) is 4.40. The summed E-state index contributed by atoms with van der Waals surface area (Å²) in [7, 11) is -3.33. The first-order valence-corrected chi connectivity index (χ1v) is 8.67. The molecule has 0 fully saturated rings. The summed E-state index contributed by atoms with van der Waals surface area (Å²) in [4.78, 5) is 1.24. The van der Waals surface area contributed by atoms with Crippen LogP contribution in [0, 0.1) is 0 Å². The maximum absolute atomic E-state index is 12.3. The van der Waals surface area contributed by atoms with Gasteiger partial charge in [-0.15, -0.1) is 11.3 Å². The molecule has 0 spiro atoms. The molecule has 0 aliphatic rings. The van der Waals surface area contributed by atoms with Crippen molar-refractivity contribution in [3.05, 3.63) is 52.2 Å². The molecule has 5 heteroatoms. The summed E-state index contributed by atoms with van der Waals surface area (Å²) in [5.41, 5.74) is 7.08. The first kappa shape index (κ1) is 14.2. The van der Waals surface area contributed by atoms with Crippen molar-refractivity contribution in [2.75, 3.05) is 5.75 Å². The average molecular weight is 295 g/mol. The maximum Gasteiger partial charge on any atom is 0.180 e. The molecule has 0 bridgehead atoms. The fourth-order valence-corrected chi connectivity index (χ4v) is 4.08. The molecule has 19 heavy (non-hydrogen) atoms. The number of benzene rings is 1. The van der Waals surface area contributed by atoms with E-state index in [1.165, 1.54) is 11.3 Å². The number of hydrogen-bond donors (Lipinski definition) is 1. The summed E-state index contributed by atoms with van der Waals surface area (Å²) >= 11 is 1.48. The van der Waals surface area contributed by atoms with Gasteiger partial charge in [-0.1, -0.05) is 25.1 Å². The van der Waals surface area contributed by atoms with Gasteiger partial charge >= 0.3 is 0 Å². The third kappa shape index (κ3) is 3.43. The topological polar surface area (TPSA) is 60.2 Å². The molecule has 0 amide bonds. The number of nitrogens with two attached hydrogens (primary N) is 1. The van der Waals surface area contributed by atoms with Gasteiger partial charge in [-0.2, -0.15) is 0 Å². The number of sulfone groups is 1. The van der Waals surface area contributed by atoms with Crippen molar-refractivity contribution >= 4 is 21.2 Å². The van der Waals surface area contributed by atoms with Crippen LogP contribution in [0.4, 0.5) is 0 Å². The minimum absolute atomic E-state index is 0.0566. The first-order valence-electron chi connectivity index (χ1n) is 6.13. The molecular formula is C14H17NO2S2. The van der Waals surface area contributed by atoms with Crippen molar-refractivity contribution in [1.82, 2.24) is 0 Å². The highest BCUT2D eigenvalue weighted by molar-refractivity contribution is 7.91. The fraction of sp³-hybridized carbons (Fsp3) is 0.286. The Morgan fingerprint density at radius 1 is 1.21 bits per heavy atom. The van der Waals surface area contributed by atoms with Crippen LogP contribution in [0.3, 0.4) is 0 Å². The summed E-state index contributed by atoms with van der Waals surface area (Å²) < 4.78 is 24.5. The van der Waals surface area contributed by atoms with E-state index in [0.29, 0.717) is 4.90 Å². The number of rotatable bonds is 5. The van der Waals surface area contributed by atoms with Crippen molar-refractivity contribution in [2.24, 2.45) is 5.73 Å². The quantitative estimate of drug-likeness (QED) is 0.922. The molecule has 102 valence electrons. The van der Waals surface area contributed by atoms with E-state index in [-0.39, 0.29) is 5.75 Å². The van der Waals surface area contributed by atoms with Gasteiger partial charge in [0.25, 0.3) is 0 Å². The van der Waals surface area contributed by atoms with Crippen LogP contribution in [0.25, 0.3) is 0 Å². The molecule has 1 heterocycles. The van der Waals surface area contributed by atoms with Crippen LogP contribution in [0.15, 0.2) is 46.7 Å². The van der Waals surface area contributed by atoms with Gasteiger partial charge in [-0.25, -0.2) is 8.42 Å². The van der Waals surface area contributed by atoms with Gasteiger partial charge in [0, 0.05) is 4.88 Å². The molecule has 1 aromatic heterocycles. The monoisotopic (exact) mass is 295 g/mol. The molecule has 2 N–H and O–H groups in total. The molecular weight excluding hydrogens is 278 g/mol. The highest BCUT2D eigenvalue weighted by Crippen LogP contribution is 2.22. The molecule has 2 aromatic rings. The lowest BCUT2D eigenvalue weighted by Gasteiger charge is -2.11. The minimum atomic E-state index is -3.33. The molecule has 0 saturated carbocycles. The summed E-state index contributed by atoms with van der Waals surface area (Å²) in [6.07, 6.45) is 0.898. The van der Waals surface area contributed by atoms with E-state index in [2.05, 4.69) is 0 Å². The Morgan fingerprint density at radius 3 is 2.42 bits per heavy atom.